The number of rotatable bonds is 3. The third-order valence-electron chi connectivity index (χ3n) is 4.25. The fourth-order valence-electron chi connectivity index (χ4n) is 2.70. The lowest BCUT2D eigenvalue weighted by atomic mass is 9.93. The molecule has 0 aromatic heterocycles. The average molecular weight is 278 g/mol. The summed E-state index contributed by atoms with van der Waals surface area (Å²) in [4.78, 5) is 14.3. The number of halogens is 1. The Bertz CT molecular complexity index is 460. The summed E-state index contributed by atoms with van der Waals surface area (Å²) in [6.07, 6.45) is 2.01. The molecule has 0 bridgehead atoms. The van der Waals surface area contributed by atoms with E-state index < -0.39 is 0 Å². The van der Waals surface area contributed by atoms with E-state index in [9.17, 15) is 9.18 Å². The molecule has 110 valence electrons. The summed E-state index contributed by atoms with van der Waals surface area (Å²) < 4.78 is 13.0. The van der Waals surface area contributed by atoms with Gasteiger partial charge >= 0.3 is 0 Å². The largest absolute Gasteiger partial charge is 0.338 e. The fourth-order valence-corrected chi connectivity index (χ4v) is 2.70. The summed E-state index contributed by atoms with van der Waals surface area (Å²) in [5.41, 5.74) is 0.950. The summed E-state index contributed by atoms with van der Waals surface area (Å²) >= 11 is 0. The zero-order chi connectivity index (χ0) is 14.7. The van der Waals surface area contributed by atoms with Crippen molar-refractivity contribution in [3.8, 4) is 0 Å². The van der Waals surface area contributed by atoms with Gasteiger partial charge in [-0.2, -0.15) is 0 Å². The normalized spacial score (nSPS) is 24.2. The predicted molar refractivity (Wildman–Crippen MR) is 77.8 cm³/mol. The SMILES string of the molecule is CC1CCNC(C(=O)N(C)C(C)c2ccc(F)cc2)C1. The molecular formula is C16H23FN2O. The number of amides is 1. The molecule has 0 radical (unpaired) electrons. The van der Waals surface area contributed by atoms with Crippen LogP contribution in [0.4, 0.5) is 4.39 Å². The third kappa shape index (κ3) is 3.37. The highest BCUT2D eigenvalue weighted by Crippen LogP contribution is 2.22. The Hall–Kier alpha value is -1.42. The molecule has 1 aliphatic rings. The Morgan fingerprint density at radius 3 is 2.65 bits per heavy atom. The number of nitrogens with zero attached hydrogens (tertiary/aromatic N) is 1. The number of piperidine rings is 1. The zero-order valence-corrected chi connectivity index (χ0v) is 12.4. The van der Waals surface area contributed by atoms with Gasteiger partial charge in [-0.25, -0.2) is 4.39 Å². The van der Waals surface area contributed by atoms with Gasteiger partial charge in [0.25, 0.3) is 0 Å². The molecule has 3 atom stereocenters. The van der Waals surface area contributed by atoms with E-state index in [4.69, 9.17) is 0 Å². The highest BCUT2D eigenvalue weighted by Gasteiger charge is 2.29. The van der Waals surface area contributed by atoms with E-state index in [2.05, 4.69) is 12.2 Å². The Morgan fingerprint density at radius 1 is 1.40 bits per heavy atom. The topological polar surface area (TPSA) is 32.3 Å². The van der Waals surface area contributed by atoms with E-state index in [-0.39, 0.29) is 23.8 Å². The molecule has 1 fully saturated rings. The van der Waals surface area contributed by atoms with Gasteiger partial charge in [0, 0.05) is 7.05 Å². The molecule has 0 spiro atoms. The molecule has 3 nitrogen and oxygen atoms in total. The zero-order valence-electron chi connectivity index (χ0n) is 12.4. The van der Waals surface area contributed by atoms with E-state index in [1.807, 2.05) is 14.0 Å². The van der Waals surface area contributed by atoms with Crippen LogP contribution in [0.5, 0.6) is 0 Å². The van der Waals surface area contributed by atoms with Gasteiger partial charge in [-0.15, -0.1) is 0 Å². The molecule has 0 saturated carbocycles. The first-order valence-corrected chi connectivity index (χ1v) is 7.24. The second kappa shape index (κ2) is 6.35. The number of hydrogen-bond donors (Lipinski definition) is 1. The van der Waals surface area contributed by atoms with Crippen molar-refractivity contribution in [3.05, 3.63) is 35.6 Å². The lowest BCUT2D eigenvalue weighted by molar-refractivity contribution is -0.135. The number of nitrogens with one attached hydrogen (secondary N) is 1. The van der Waals surface area contributed by atoms with Crippen molar-refractivity contribution in [2.24, 2.45) is 5.92 Å². The Labute approximate surface area is 120 Å². The van der Waals surface area contributed by atoms with Crippen molar-refractivity contribution in [2.45, 2.75) is 38.8 Å². The van der Waals surface area contributed by atoms with E-state index in [0.717, 1.165) is 24.9 Å². The molecule has 2 rings (SSSR count). The summed E-state index contributed by atoms with van der Waals surface area (Å²) in [5, 5.41) is 3.29. The van der Waals surface area contributed by atoms with Crippen molar-refractivity contribution in [2.75, 3.05) is 13.6 Å². The van der Waals surface area contributed by atoms with Crippen LogP contribution >= 0.6 is 0 Å². The highest BCUT2D eigenvalue weighted by molar-refractivity contribution is 5.82. The maximum atomic E-state index is 13.0. The molecule has 1 heterocycles. The van der Waals surface area contributed by atoms with Crippen LogP contribution < -0.4 is 5.32 Å². The van der Waals surface area contributed by atoms with Crippen LogP contribution in [-0.4, -0.2) is 30.4 Å². The number of benzene rings is 1. The minimum atomic E-state index is -0.252. The van der Waals surface area contributed by atoms with E-state index in [1.54, 1.807) is 17.0 Å². The molecule has 20 heavy (non-hydrogen) atoms. The Balaban J connectivity index is 2.03. The second-order valence-corrected chi connectivity index (χ2v) is 5.81. The van der Waals surface area contributed by atoms with Crippen molar-refractivity contribution in [1.82, 2.24) is 10.2 Å². The lowest BCUT2D eigenvalue weighted by Gasteiger charge is -2.33. The minimum Gasteiger partial charge on any atom is -0.338 e. The predicted octanol–water partition coefficient (Wildman–Crippen LogP) is 2.73. The first kappa shape index (κ1) is 15.0. The third-order valence-corrected chi connectivity index (χ3v) is 4.25. The molecule has 1 saturated heterocycles. The van der Waals surface area contributed by atoms with Crippen LogP contribution in [0.1, 0.15) is 38.3 Å². The van der Waals surface area contributed by atoms with Crippen LogP contribution in [0.3, 0.4) is 0 Å². The van der Waals surface area contributed by atoms with Gasteiger partial charge in [-0.3, -0.25) is 4.79 Å². The first-order valence-electron chi connectivity index (χ1n) is 7.24. The maximum Gasteiger partial charge on any atom is 0.239 e. The number of carbonyl (C=O) groups is 1. The van der Waals surface area contributed by atoms with Crippen molar-refractivity contribution in [3.63, 3.8) is 0 Å². The van der Waals surface area contributed by atoms with Gasteiger partial charge in [0.2, 0.25) is 5.91 Å². The Kier molecular flexibility index (Phi) is 4.76. The molecular weight excluding hydrogens is 255 g/mol. The quantitative estimate of drug-likeness (QED) is 0.922. The highest BCUT2D eigenvalue weighted by atomic mass is 19.1. The second-order valence-electron chi connectivity index (χ2n) is 5.81. The molecule has 3 unspecified atom stereocenters. The Morgan fingerprint density at radius 2 is 2.05 bits per heavy atom. The smallest absolute Gasteiger partial charge is 0.239 e. The maximum absolute atomic E-state index is 13.0. The minimum absolute atomic E-state index is 0.0536. The number of hydrogen-bond acceptors (Lipinski definition) is 2. The van der Waals surface area contributed by atoms with Gasteiger partial charge in [0.15, 0.2) is 0 Å². The van der Waals surface area contributed by atoms with Crippen molar-refractivity contribution in [1.29, 1.82) is 0 Å². The molecule has 1 N–H and O–H groups in total. The summed E-state index contributed by atoms with van der Waals surface area (Å²) in [6, 6.07) is 6.20. The van der Waals surface area contributed by atoms with Gasteiger partial charge in [0.05, 0.1) is 12.1 Å². The van der Waals surface area contributed by atoms with Gasteiger partial charge < -0.3 is 10.2 Å². The molecule has 1 amide bonds. The first-order chi connectivity index (χ1) is 9.49. The standard InChI is InChI=1S/C16H23FN2O/c1-11-8-9-18-15(10-11)16(20)19(3)12(2)13-4-6-14(17)7-5-13/h4-7,11-12,15,18H,8-10H2,1-3H3. The van der Waals surface area contributed by atoms with Crippen LogP contribution in [0.15, 0.2) is 24.3 Å². The fraction of sp³-hybridized carbons (Fsp3) is 0.562. The van der Waals surface area contributed by atoms with Gasteiger partial charge in [-0.1, -0.05) is 19.1 Å². The van der Waals surface area contributed by atoms with Gasteiger partial charge in [0.1, 0.15) is 5.82 Å². The van der Waals surface area contributed by atoms with Crippen molar-refractivity contribution >= 4 is 5.91 Å². The van der Waals surface area contributed by atoms with Crippen LogP contribution in [-0.2, 0) is 4.79 Å². The molecule has 1 aliphatic heterocycles. The van der Waals surface area contributed by atoms with E-state index in [1.165, 1.54) is 12.1 Å². The van der Waals surface area contributed by atoms with Crippen molar-refractivity contribution < 1.29 is 9.18 Å². The lowest BCUT2D eigenvalue weighted by Crippen LogP contribution is -2.49. The number of carbonyl (C=O) groups excluding carboxylic acids is 1. The number of likely N-dealkylation sites (N-methyl/N-ethyl adjacent to an activating group) is 1. The molecule has 0 aliphatic carbocycles. The summed E-state index contributed by atoms with van der Waals surface area (Å²) in [7, 11) is 1.82. The monoisotopic (exact) mass is 278 g/mol. The summed E-state index contributed by atoms with van der Waals surface area (Å²) in [6.45, 7) is 5.05. The van der Waals surface area contributed by atoms with E-state index in [0.29, 0.717) is 5.92 Å². The molecule has 1 aromatic carbocycles. The van der Waals surface area contributed by atoms with Crippen LogP contribution in [0.25, 0.3) is 0 Å². The summed E-state index contributed by atoms with van der Waals surface area (Å²) in [5.74, 6) is 0.450. The molecule has 1 aromatic rings. The molecule has 4 heteroatoms. The van der Waals surface area contributed by atoms with E-state index >= 15 is 0 Å². The van der Waals surface area contributed by atoms with Crippen LogP contribution in [0, 0.1) is 11.7 Å². The van der Waals surface area contributed by atoms with Gasteiger partial charge in [-0.05, 0) is 49.9 Å². The van der Waals surface area contributed by atoms with Crippen LogP contribution in [0.2, 0.25) is 0 Å². The average Bonchev–Trinajstić information content (AvgIpc) is 2.46.